The standard InChI is InChI=1S/C23H28N2O2S/c1-12-9-13(2)19-14(3)20(27-17(19)10-12)21(26)25-22-24-16-8-7-15(23(4,5)6)11-18(16)28-22/h9-10,15H,7-8,11H2,1-6H3,(H,24,25,26). The zero-order chi connectivity index (χ0) is 20.2. The van der Waals surface area contributed by atoms with Crippen LogP contribution in [-0.2, 0) is 12.8 Å². The molecule has 1 atom stereocenters. The number of furan rings is 1. The first-order valence-corrected chi connectivity index (χ1v) is 10.8. The average molecular weight is 397 g/mol. The SMILES string of the molecule is Cc1cc(C)c2c(C)c(C(=O)Nc3nc4c(s3)CC(C(C)(C)C)CC4)oc2c1. The molecule has 148 valence electrons. The molecule has 1 aliphatic carbocycles. The highest BCUT2D eigenvalue weighted by molar-refractivity contribution is 7.15. The van der Waals surface area contributed by atoms with E-state index in [-0.39, 0.29) is 5.91 Å². The number of aromatic nitrogens is 1. The Hall–Kier alpha value is -2.14. The Morgan fingerprint density at radius 2 is 2.00 bits per heavy atom. The molecule has 0 saturated heterocycles. The molecule has 4 nitrogen and oxygen atoms in total. The van der Waals surface area contributed by atoms with Crippen molar-refractivity contribution in [3.63, 3.8) is 0 Å². The molecular formula is C23H28N2O2S. The highest BCUT2D eigenvalue weighted by Gasteiger charge is 2.31. The number of fused-ring (bicyclic) bond motifs is 2. The summed E-state index contributed by atoms with van der Waals surface area (Å²) in [6.07, 6.45) is 3.20. The molecule has 0 aliphatic heterocycles. The van der Waals surface area contributed by atoms with Gasteiger partial charge in [-0.2, -0.15) is 0 Å². The molecule has 3 aromatic rings. The fourth-order valence-electron chi connectivity index (χ4n) is 4.33. The third-order valence-corrected chi connectivity index (χ3v) is 7.00. The summed E-state index contributed by atoms with van der Waals surface area (Å²) in [6.45, 7) is 13.0. The molecule has 0 fully saturated rings. The molecule has 2 heterocycles. The number of aryl methyl sites for hydroxylation is 4. The van der Waals surface area contributed by atoms with E-state index in [2.05, 4.69) is 39.1 Å². The van der Waals surface area contributed by atoms with Gasteiger partial charge >= 0.3 is 0 Å². The molecule has 0 bridgehead atoms. The van der Waals surface area contributed by atoms with E-state index < -0.39 is 0 Å². The van der Waals surface area contributed by atoms with Gasteiger partial charge in [-0.3, -0.25) is 10.1 Å². The maximum absolute atomic E-state index is 12.9. The van der Waals surface area contributed by atoms with Gasteiger partial charge in [-0.05, 0) is 68.6 Å². The maximum atomic E-state index is 12.9. The molecule has 0 saturated carbocycles. The van der Waals surface area contributed by atoms with Crippen LogP contribution in [0.4, 0.5) is 5.13 Å². The molecule has 1 N–H and O–H groups in total. The van der Waals surface area contributed by atoms with Gasteiger partial charge in [0, 0.05) is 15.8 Å². The first kappa shape index (κ1) is 19.2. The van der Waals surface area contributed by atoms with Gasteiger partial charge < -0.3 is 4.42 Å². The first-order valence-electron chi connectivity index (χ1n) is 9.93. The van der Waals surface area contributed by atoms with Crippen molar-refractivity contribution in [3.8, 4) is 0 Å². The van der Waals surface area contributed by atoms with Crippen molar-refractivity contribution >= 4 is 33.3 Å². The third kappa shape index (κ3) is 3.37. The quantitative estimate of drug-likeness (QED) is 0.559. The lowest BCUT2D eigenvalue weighted by molar-refractivity contribution is 0.0998. The second kappa shape index (κ2) is 6.73. The van der Waals surface area contributed by atoms with Crippen LogP contribution in [0.2, 0.25) is 0 Å². The third-order valence-electron chi connectivity index (χ3n) is 5.96. The minimum atomic E-state index is -0.218. The molecule has 1 amide bonds. The normalized spacial score (nSPS) is 17.0. The minimum Gasteiger partial charge on any atom is -0.451 e. The highest BCUT2D eigenvalue weighted by atomic mass is 32.1. The topological polar surface area (TPSA) is 55.1 Å². The summed E-state index contributed by atoms with van der Waals surface area (Å²) in [7, 11) is 0. The smallest absolute Gasteiger partial charge is 0.293 e. The molecule has 1 aliphatic rings. The van der Waals surface area contributed by atoms with E-state index in [4.69, 9.17) is 9.40 Å². The average Bonchev–Trinajstić information content (AvgIpc) is 3.13. The van der Waals surface area contributed by atoms with Crippen LogP contribution in [0.15, 0.2) is 16.5 Å². The summed E-state index contributed by atoms with van der Waals surface area (Å²) in [5, 5.41) is 4.69. The van der Waals surface area contributed by atoms with Gasteiger partial charge in [-0.1, -0.05) is 26.8 Å². The van der Waals surface area contributed by atoms with Crippen molar-refractivity contribution in [2.75, 3.05) is 5.32 Å². The zero-order valence-electron chi connectivity index (χ0n) is 17.5. The number of hydrogen-bond acceptors (Lipinski definition) is 4. The van der Waals surface area contributed by atoms with Gasteiger partial charge in [-0.25, -0.2) is 4.98 Å². The number of hydrogen-bond donors (Lipinski definition) is 1. The van der Waals surface area contributed by atoms with E-state index in [1.54, 1.807) is 11.3 Å². The van der Waals surface area contributed by atoms with Crippen molar-refractivity contribution < 1.29 is 9.21 Å². The van der Waals surface area contributed by atoms with Crippen LogP contribution in [-0.4, -0.2) is 10.9 Å². The lowest BCUT2D eigenvalue weighted by Crippen LogP contribution is -2.26. The van der Waals surface area contributed by atoms with Gasteiger partial charge in [0.2, 0.25) is 0 Å². The number of carbonyl (C=O) groups excluding carboxylic acids is 1. The molecule has 2 aromatic heterocycles. The van der Waals surface area contributed by atoms with Crippen LogP contribution < -0.4 is 5.32 Å². The summed E-state index contributed by atoms with van der Waals surface area (Å²) < 4.78 is 5.92. The summed E-state index contributed by atoms with van der Waals surface area (Å²) in [5.74, 6) is 0.821. The predicted molar refractivity (Wildman–Crippen MR) is 115 cm³/mol. The van der Waals surface area contributed by atoms with E-state index in [1.807, 2.05) is 19.9 Å². The van der Waals surface area contributed by atoms with Crippen LogP contribution >= 0.6 is 11.3 Å². The summed E-state index contributed by atoms with van der Waals surface area (Å²) in [4.78, 5) is 18.9. The molecule has 1 aromatic carbocycles. The van der Waals surface area contributed by atoms with Crippen molar-refractivity contribution in [2.24, 2.45) is 11.3 Å². The molecule has 5 heteroatoms. The van der Waals surface area contributed by atoms with E-state index in [9.17, 15) is 4.79 Å². The second-order valence-electron chi connectivity index (χ2n) is 9.16. The summed E-state index contributed by atoms with van der Waals surface area (Å²) >= 11 is 1.61. The number of amides is 1. The molecule has 0 radical (unpaired) electrons. The van der Waals surface area contributed by atoms with Crippen molar-refractivity contribution in [1.29, 1.82) is 0 Å². The van der Waals surface area contributed by atoms with E-state index in [0.29, 0.717) is 22.2 Å². The Morgan fingerprint density at radius 1 is 1.25 bits per heavy atom. The van der Waals surface area contributed by atoms with Gasteiger partial charge in [-0.15, -0.1) is 11.3 Å². The van der Waals surface area contributed by atoms with Crippen molar-refractivity contribution in [2.45, 2.75) is 60.8 Å². The number of thiazole rings is 1. The number of benzene rings is 1. The largest absolute Gasteiger partial charge is 0.451 e. The van der Waals surface area contributed by atoms with Gasteiger partial charge in [0.1, 0.15) is 5.58 Å². The van der Waals surface area contributed by atoms with Gasteiger partial charge in [0.15, 0.2) is 10.9 Å². The monoisotopic (exact) mass is 396 g/mol. The predicted octanol–water partition coefficient (Wildman–Crippen LogP) is 6.22. The Bertz CT molecular complexity index is 1070. The van der Waals surface area contributed by atoms with Crippen LogP contribution in [0.1, 0.15) is 65.0 Å². The molecular weight excluding hydrogens is 368 g/mol. The minimum absolute atomic E-state index is 0.218. The number of nitrogens with one attached hydrogen (secondary N) is 1. The number of nitrogens with zero attached hydrogens (tertiary/aromatic N) is 1. The van der Waals surface area contributed by atoms with Crippen LogP contribution in [0.5, 0.6) is 0 Å². The van der Waals surface area contributed by atoms with Gasteiger partial charge in [0.05, 0.1) is 5.69 Å². The van der Waals surface area contributed by atoms with E-state index in [1.165, 1.54) is 4.88 Å². The molecule has 0 spiro atoms. The van der Waals surface area contributed by atoms with E-state index in [0.717, 1.165) is 52.6 Å². The Kier molecular flexibility index (Phi) is 4.61. The second-order valence-corrected chi connectivity index (χ2v) is 10.2. The number of anilines is 1. The Morgan fingerprint density at radius 3 is 2.71 bits per heavy atom. The van der Waals surface area contributed by atoms with Crippen LogP contribution in [0.3, 0.4) is 0 Å². The first-order chi connectivity index (χ1) is 13.1. The molecule has 28 heavy (non-hydrogen) atoms. The van der Waals surface area contributed by atoms with Crippen LogP contribution in [0.25, 0.3) is 11.0 Å². The fourth-order valence-corrected chi connectivity index (χ4v) is 5.41. The summed E-state index contributed by atoms with van der Waals surface area (Å²) in [6, 6.07) is 4.11. The van der Waals surface area contributed by atoms with Crippen molar-refractivity contribution in [1.82, 2.24) is 4.98 Å². The van der Waals surface area contributed by atoms with Gasteiger partial charge in [0.25, 0.3) is 5.91 Å². The zero-order valence-corrected chi connectivity index (χ0v) is 18.3. The number of carbonyl (C=O) groups is 1. The maximum Gasteiger partial charge on any atom is 0.293 e. The lowest BCUT2D eigenvalue weighted by atomic mass is 9.73. The fraction of sp³-hybridized carbons (Fsp3) is 0.478. The molecule has 4 rings (SSSR count). The van der Waals surface area contributed by atoms with Crippen LogP contribution in [0, 0.1) is 32.1 Å². The van der Waals surface area contributed by atoms with Crippen molar-refractivity contribution in [3.05, 3.63) is 45.2 Å². The highest BCUT2D eigenvalue weighted by Crippen LogP contribution is 2.40. The number of rotatable bonds is 2. The molecule has 1 unspecified atom stereocenters. The Balaban J connectivity index is 1.59. The lowest BCUT2D eigenvalue weighted by Gasteiger charge is -2.33. The summed E-state index contributed by atoms with van der Waals surface area (Å²) in [5.41, 5.74) is 5.37. The Labute approximate surface area is 170 Å². The van der Waals surface area contributed by atoms with E-state index >= 15 is 0 Å².